The van der Waals surface area contributed by atoms with Crippen LogP contribution in [0.5, 0.6) is 0 Å². The van der Waals surface area contributed by atoms with Gasteiger partial charge in [0.15, 0.2) is 0 Å². The molecule has 0 saturated heterocycles. The van der Waals surface area contributed by atoms with Crippen LogP contribution < -0.4 is 10.6 Å². The van der Waals surface area contributed by atoms with Crippen molar-refractivity contribution in [3.8, 4) is 0 Å². The van der Waals surface area contributed by atoms with Crippen LogP contribution in [0.3, 0.4) is 0 Å². The number of unbranched alkanes of at least 4 members (excludes halogenated alkanes) is 3. The molecule has 2 fully saturated rings. The molecule has 2 aliphatic rings. The Morgan fingerprint density at radius 1 is 1.06 bits per heavy atom. The Bertz CT molecular complexity index is 860. The van der Waals surface area contributed by atoms with E-state index in [-0.39, 0.29) is 0 Å². The number of anilines is 2. The first-order valence-electron chi connectivity index (χ1n) is 13.9. The lowest BCUT2D eigenvalue weighted by Gasteiger charge is -2.15. The van der Waals surface area contributed by atoms with Crippen molar-refractivity contribution >= 4 is 17.9 Å². The first-order valence-corrected chi connectivity index (χ1v) is 13.9. The number of fused-ring (bicyclic) bond motifs is 2. The Kier molecular flexibility index (Phi) is 13.6. The van der Waals surface area contributed by atoms with Gasteiger partial charge in [0.1, 0.15) is 0 Å². The van der Waals surface area contributed by atoms with E-state index in [1.54, 1.807) is 45.1 Å². The quantitative estimate of drug-likeness (QED) is 0.270. The summed E-state index contributed by atoms with van der Waals surface area (Å²) in [7, 11) is 1.74. The molecule has 5 heteroatoms. The highest BCUT2D eigenvalue weighted by molar-refractivity contribution is 5.80. The van der Waals surface area contributed by atoms with Crippen LogP contribution in [0, 0.1) is 24.7 Å². The van der Waals surface area contributed by atoms with Gasteiger partial charge in [-0.25, -0.2) is 9.97 Å². The molecule has 2 N–H and O–H groups in total. The average Bonchev–Trinajstić information content (AvgIpc) is 3.48. The van der Waals surface area contributed by atoms with Gasteiger partial charge >= 0.3 is 0 Å². The Morgan fingerprint density at radius 2 is 1.83 bits per heavy atom. The van der Waals surface area contributed by atoms with E-state index < -0.39 is 0 Å². The highest BCUT2D eigenvalue weighted by atomic mass is 15.1. The minimum absolute atomic E-state index is 0.604. The van der Waals surface area contributed by atoms with Gasteiger partial charge in [-0.1, -0.05) is 65.5 Å². The van der Waals surface area contributed by atoms with Crippen LogP contribution in [-0.2, 0) is 6.54 Å². The molecule has 0 radical (unpaired) electrons. The number of nitrogens with one attached hydrogen (secondary N) is 2. The van der Waals surface area contributed by atoms with Gasteiger partial charge in [-0.15, -0.1) is 0 Å². The molecule has 0 aliphatic heterocycles. The summed E-state index contributed by atoms with van der Waals surface area (Å²) >= 11 is 0. The van der Waals surface area contributed by atoms with Crippen LogP contribution in [-0.4, -0.2) is 29.8 Å². The molecule has 194 valence electrons. The largest absolute Gasteiger partial charge is 0.324 e. The van der Waals surface area contributed by atoms with E-state index in [4.69, 9.17) is 0 Å². The topological polar surface area (TPSA) is 62.2 Å². The standard InChI is InChI=1S/C20H29N5.C8H14.C2H6/c1-4-5-6-7-12-22-13-17-8-10-19(11-9-17)25-20-23-15-18(14-21-3)16(2)24-20;1-6-4-7-2-3-8(6)5-7;1-2/h8-11,14-15,22H,4-7,12-13H2,1-3H3,(H,23,24,25);6-8H,2-5H2,1H3;1-2H3/t;6-,7-,8-;/m.0./s1. The number of aliphatic imine (C=N–C) groups is 1. The molecule has 0 unspecified atom stereocenters. The Morgan fingerprint density at radius 3 is 2.37 bits per heavy atom. The van der Waals surface area contributed by atoms with Gasteiger partial charge in [0, 0.05) is 37.3 Å². The van der Waals surface area contributed by atoms with Crippen LogP contribution in [0.4, 0.5) is 11.6 Å². The van der Waals surface area contributed by atoms with E-state index in [1.165, 1.54) is 31.2 Å². The van der Waals surface area contributed by atoms with Crippen molar-refractivity contribution in [3.05, 3.63) is 47.3 Å². The molecule has 1 aromatic carbocycles. The number of benzene rings is 1. The lowest BCUT2D eigenvalue weighted by molar-refractivity contribution is 0.360. The number of rotatable bonds is 10. The zero-order valence-corrected chi connectivity index (χ0v) is 23.1. The van der Waals surface area contributed by atoms with Gasteiger partial charge in [0.25, 0.3) is 0 Å². The summed E-state index contributed by atoms with van der Waals surface area (Å²) in [5, 5.41) is 6.74. The summed E-state index contributed by atoms with van der Waals surface area (Å²) < 4.78 is 0. The average molecular weight is 480 g/mol. The van der Waals surface area contributed by atoms with Crippen LogP contribution in [0.1, 0.15) is 95.9 Å². The third-order valence-corrected chi connectivity index (χ3v) is 7.12. The van der Waals surface area contributed by atoms with E-state index in [0.717, 1.165) is 47.8 Å². The van der Waals surface area contributed by atoms with Gasteiger partial charge in [0.2, 0.25) is 5.95 Å². The zero-order valence-electron chi connectivity index (χ0n) is 23.1. The highest BCUT2D eigenvalue weighted by Crippen LogP contribution is 2.47. The molecule has 0 spiro atoms. The van der Waals surface area contributed by atoms with Crippen molar-refractivity contribution in [3.63, 3.8) is 0 Å². The van der Waals surface area contributed by atoms with Gasteiger partial charge in [-0.3, -0.25) is 4.99 Å². The first kappa shape index (κ1) is 29.0. The van der Waals surface area contributed by atoms with Gasteiger partial charge in [0.05, 0.1) is 5.69 Å². The Hall–Kier alpha value is -2.27. The number of hydrogen-bond donors (Lipinski definition) is 2. The van der Waals surface area contributed by atoms with Crippen molar-refractivity contribution in [2.45, 2.75) is 92.5 Å². The molecule has 2 aromatic rings. The van der Waals surface area contributed by atoms with Crippen molar-refractivity contribution in [2.24, 2.45) is 22.7 Å². The third kappa shape index (κ3) is 10.1. The summed E-state index contributed by atoms with van der Waals surface area (Å²) in [4.78, 5) is 12.8. The molecule has 2 bridgehead atoms. The minimum atomic E-state index is 0.604. The summed E-state index contributed by atoms with van der Waals surface area (Å²) in [5.41, 5.74) is 4.12. The molecule has 3 atom stereocenters. The summed E-state index contributed by atoms with van der Waals surface area (Å²) in [5.74, 6) is 3.97. The predicted molar refractivity (Wildman–Crippen MR) is 152 cm³/mol. The second-order valence-electron chi connectivity index (χ2n) is 9.83. The van der Waals surface area contributed by atoms with Crippen molar-refractivity contribution in [1.82, 2.24) is 15.3 Å². The number of nitrogens with zero attached hydrogens (tertiary/aromatic N) is 3. The molecule has 1 heterocycles. The monoisotopic (exact) mass is 479 g/mol. The van der Waals surface area contributed by atoms with E-state index in [2.05, 4.69) is 63.7 Å². The third-order valence-electron chi connectivity index (χ3n) is 7.12. The van der Waals surface area contributed by atoms with E-state index in [0.29, 0.717) is 5.95 Å². The van der Waals surface area contributed by atoms with Gasteiger partial charge in [-0.05, 0) is 74.6 Å². The maximum Gasteiger partial charge on any atom is 0.227 e. The molecule has 5 nitrogen and oxygen atoms in total. The molecule has 1 aromatic heterocycles. The summed E-state index contributed by atoms with van der Waals surface area (Å²) in [6, 6.07) is 8.39. The van der Waals surface area contributed by atoms with Crippen LogP contribution in [0.15, 0.2) is 35.5 Å². The van der Waals surface area contributed by atoms with E-state index in [1.807, 2.05) is 20.8 Å². The lowest BCUT2D eigenvalue weighted by atomic mass is 9.91. The SMILES string of the molecule is CC.CCCCCCNCc1ccc(Nc2ncc(C=NC)c(C)n2)cc1.C[C@H]1C[C@@H]2CC[C@H]1C2. The maximum absolute atomic E-state index is 4.47. The normalized spacial score (nSPS) is 20.2. The molecule has 0 amide bonds. The first-order chi connectivity index (χ1) is 17.1. The summed E-state index contributed by atoms with van der Waals surface area (Å²) in [6.45, 7) is 12.6. The fourth-order valence-corrected chi connectivity index (χ4v) is 5.11. The molecule has 4 rings (SSSR count). The minimum Gasteiger partial charge on any atom is -0.324 e. The van der Waals surface area contributed by atoms with E-state index >= 15 is 0 Å². The van der Waals surface area contributed by atoms with Crippen LogP contribution in [0.2, 0.25) is 0 Å². The molecule has 2 aliphatic carbocycles. The molecular formula is C30H49N5. The van der Waals surface area contributed by atoms with E-state index in [9.17, 15) is 0 Å². The zero-order chi connectivity index (χ0) is 25.5. The molecule has 2 saturated carbocycles. The molecular weight excluding hydrogens is 430 g/mol. The smallest absolute Gasteiger partial charge is 0.227 e. The number of aryl methyl sites for hydroxylation is 1. The Balaban J connectivity index is 0.000000356. The van der Waals surface area contributed by atoms with Gasteiger partial charge < -0.3 is 10.6 Å². The maximum atomic E-state index is 4.47. The van der Waals surface area contributed by atoms with Crippen molar-refractivity contribution in [2.75, 3.05) is 18.9 Å². The Labute approximate surface area is 214 Å². The number of hydrogen-bond acceptors (Lipinski definition) is 5. The molecule has 35 heavy (non-hydrogen) atoms. The fraction of sp³-hybridized carbons (Fsp3) is 0.633. The fourth-order valence-electron chi connectivity index (χ4n) is 5.11. The van der Waals surface area contributed by atoms with Crippen molar-refractivity contribution in [1.29, 1.82) is 0 Å². The van der Waals surface area contributed by atoms with Gasteiger partial charge in [-0.2, -0.15) is 0 Å². The predicted octanol–water partition coefficient (Wildman–Crippen LogP) is 7.72. The lowest BCUT2D eigenvalue weighted by Crippen LogP contribution is -2.14. The highest BCUT2D eigenvalue weighted by Gasteiger charge is 2.36. The van der Waals surface area contributed by atoms with Crippen LogP contribution >= 0.6 is 0 Å². The van der Waals surface area contributed by atoms with Crippen molar-refractivity contribution < 1.29 is 0 Å². The van der Waals surface area contributed by atoms with Crippen LogP contribution in [0.25, 0.3) is 0 Å². The second-order valence-corrected chi connectivity index (χ2v) is 9.83. The summed E-state index contributed by atoms with van der Waals surface area (Å²) in [6.07, 6.45) is 14.9. The second kappa shape index (κ2) is 16.4. The number of aromatic nitrogens is 2.